The molecular weight excluding hydrogens is 174 g/mol. The summed E-state index contributed by atoms with van der Waals surface area (Å²) < 4.78 is 5.52. The molecule has 0 aromatic heterocycles. The van der Waals surface area contributed by atoms with Crippen LogP contribution in [-0.2, 0) is 4.74 Å². The van der Waals surface area contributed by atoms with Gasteiger partial charge in [-0.25, -0.2) is 0 Å². The molecule has 0 amide bonds. The van der Waals surface area contributed by atoms with Gasteiger partial charge in [-0.15, -0.1) is 0 Å². The number of unbranched alkanes of at least 4 members (excludes halogenated alkanes) is 1. The number of rotatable bonds is 3. The first-order valence-corrected chi connectivity index (χ1v) is 6.12. The van der Waals surface area contributed by atoms with E-state index in [-0.39, 0.29) is 0 Å². The summed E-state index contributed by atoms with van der Waals surface area (Å²) in [6, 6.07) is 0. The summed E-state index contributed by atoms with van der Waals surface area (Å²) >= 11 is 0. The fourth-order valence-electron chi connectivity index (χ4n) is 1.95. The molecule has 0 N–H and O–H groups in total. The van der Waals surface area contributed by atoms with Crippen LogP contribution in [0.25, 0.3) is 0 Å². The van der Waals surface area contributed by atoms with E-state index in [1.807, 2.05) is 0 Å². The van der Waals surface area contributed by atoms with Gasteiger partial charge < -0.3 is 4.74 Å². The van der Waals surface area contributed by atoms with Crippen LogP contribution in [0.4, 0.5) is 0 Å². The van der Waals surface area contributed by atoms with Crippen molar-refractivity contribution in [3.8, 4) is 0 Å². The zero-order chi connectivity index (χ0) is 10.4. The average Bonchev–Trinajstić information content (AvgIpc) is 2.00. The molecule has 84 valence electrons. The van der Waals surface area contributed by atoms with Crippen molar-refractivity contribution < 1.29 is 4.74 Å². The van der Waals surface area contributed by atoms with Crippen molar-refractivity contribution in [2.24, 2.45) is 0 Å². The summed E-state index contributed by atoms with van der Waals surface area (Å²) in [5.41, 5.74) is 0.341. The first-order valence-electron chi connectivity index (χ1n) is 6.12. The van der Waals surface area contributed by atoms with Crippen LogP contribution < -0.4 is 0 Å². The topological polar surface area (TPSA) is 12.5 Å². The van der Waals surface area contributed by atoms with Gasteiger partial charge >= 0.3 is 0 Å². The monoisotopic (exact) mass is 199 g/mol. The Balaban J connectivity index is 0.000000293. The van der Waals surface area contributed by atoms with Crippen LogP contribution in [-0.4, -0.2) is 36.7 Å². The Morgan fingerprint density at radius 2 is 1.79 bits per heavy atom. The van der Waals surface area contributed by atoms with E-state index in [2.05, 4.69) is 25.7 Å². The largest absolute Gasteiger partial charge is 0.372 e. The second-order valence-corrected chi connectivity index (χ2v) is 4.55. The highest BCUT2D eigenvalue weighted by Gasteiger charge is 2.48. The lowest BCUT2D eigenvalue weighted by Gasteiger charge is -2.55. The molecule has 0 unspecified atom stereocenters. The first-order chi connectivity index (χ1) is 6.76. The van der Waals surface area contributed by atoms with Gasteiger partial charge in [-0.3, -0.25) is 4.90 Å². The van der Waals surface area contributed by atoms with E-state index in [1.54, 1.807) is 0 Å². The Morgan fingerprint density at radius 1 is 1.21 bits per heavy atom. The lowest BCUT2D eigenvalue weighted by atomic mass is 9.86. The molecular formula is C12H25NO. The van der Waals surface area contributed by atoms with E-state index in [1.165, 1.54) is 45.3 Å². The van der Waals surface area contributed by atoms with Crippen LogP contribution in [0, 0.1) is 0 Å². The molecule has 0 aromatic rings. The van der Waals surface area contributed by atoms with Gasteiger partial charge in [-0.2, -0.15) is 0 Å². The molecule has 0 bridgehead atoms. The van der Waals surface area contributed by atoms with E-state index < -0.39 is 0 Å². The standard InChI is InChI=1S/C9H17NO.C3H8/c1-2-3-5-10-7-9(8-10)4-6-11-9;1-3-2/h2-8H2,1H3;3H2,1-2H3. The summed E-state index contributed by atoms with van der Waals surface area (Å²) in [4.78, 5) is 2.50. The Kier molecular flexibility index (Phi) is 4.90. The molecule has 2 aliphatic rings. The normalized spacial score (nSPS) is 23.4. The summed E-state index contributed by atoms with van der Waals surface area (Å²) in [6.07, 6.45) is 5.20. The quantitative estimate of drug-likeness (QED) is 0.693. The lowest BCUT2D eigenvalue weighted by molar-refractivity contribution is -0.221. The summed E-state index contributed by atoms with van der Waals surface area (Å²) in [5, 5.41) is 0. The third-order valence-corrected chi connectivity index (χ3v) is 2.82. The number of ether oxygens (including phenoxy) is 1. The molecule has 0 saturated carbocycles. The minimum atomic E-state index is 0.341. The fourth-order valence-corrected chi connectivity index (χ4v) is 1.95. The molecule has 2 aliphatic heterocycles. The van der Waals surface area contributed by atoms with Crippen molar-refractivity contribution in [1.82, 2.24) is 4.90 Å². The maximum Gasteiger partial charge on any atom is 0.0956 e. The smallest absolute Gasteiger partial charge is 0.0956 e. The lowest BCUT2D eigenvalue weighted by Crippen LogP contribution is -2.68. The van der Waals surface area contributed by atoms with Crippen LogP contribution in [0.3, 0.4) is 0 Å². The number of hydrogen-bond acceptors (Lipinski definition) is 2. The Bertz CT molecular complexity index is 146. The van der Waals surface area contributed by atoms with Crippen LogP contribution >= 0.6 is 0 Å². The Labute approximate surface area is 88.6 Å². The SMILES string of the molecule is CCC.CCCCN1CC2(CCO2)C1. The summed E-state index contributed by atoms with van der Waals surface area (Å²) in [7, 11) is 0. The van der Waals surface area contributed by atoms with E-state index in [0.29, 0.717) is 5.60 Å². The zero-order valence-corrected chi connectivity index (χ0v) is 10.0. The highest BCUT2D eigenvalue weighted by atomic mass is 16.5. The molecule has 2 heteroatoms. The Morgan fingerprint density at radius 3 is 2.14 bits per heavy atom. The molecule has 14 heavy (non-hydrogen) atoms. The highest BCUT2D eigenvalue weighted by Crippen LogP contribution is 2.35. The minimum absolute atomic E-state index is 0.341. The molecule has 2 saturated heterocycles. The van der Waals surface area contributed by atoms with Crippen molar-refractivity contribution in [3.05, 3.63) is 0 Å². The molecule has 0 atom stereocenters. The van der Waals surface area contributed by atoms with Gasteiger partial charge in [0, 0.05) is 19.5 Å². The minimum Gasteiger partial charge on any atom is -0.372 e. The van der Waals surface area contributed by atoms with Crippen LogP contribution in [0.1, 0.15) is 46.5 Å². The van der Waals surface area contributed by atoms with Gasteiger partial charge in [0.1, 0.15) is 0 Å². The van der Waals surface area contributed by atoms with Crippen LogP contribution in [0.15, 0.2) is 0 Å². The van der Waals surface area contributed by atoms with E-state index in [4.69, 9.17) is 4.74 Å². The average molecular weight is 199 g/mol. The first kappa shape index (κ1) is 12.0. The van der Waals surface area contributed by atoms with Crippen molar-refractivity contribution in [2.45, 2.75) is 52.1 Å². The second-order valence-electron chi connectivity index (χ2n) is 4.55. The van der Waals surface area contributed by atoms with Crippen molar-refractivity contribution >= 4 is 0 Å². The van der Waals surface area contributed by atoms with Gasteiger partial charge in [0.25, 0.3) is 0 Å². The van der Waals surface area contributed by atoms with Gasteiger partial charge in [-0.05, 0) is 13.0 Å². The maximum absolute atomic E-state index is 5.52. The number of hydrogen-bond donors (Lipinski definition) is 0. The van der Waals surface area contributed by atoms with Crippen molar-refractivity contribution in [2.75, 3.05) is 26.2 Å². The molecule has 2 rings (SSSR count). The van der Waals surface area contributed by atoms with E-state index >= 15 is 0 Å². The molecule has 0 aliphatic carbocycles. The van der Waals surface area contributed by atoms with Crippen LogP contribution in [0.2, 0.25) is 0 Å². The third kappa shape index (κ3) is 2.96. The molecule has 0 aromatic carbocycles. The molecule has 0 radical (unpaired) electrons. The Hall–Kier alpha value is -0.0800. The summed E-state index contributed by atoms with van der Waals surface area (Å²) in [6.45, 7) is 11.2. The summed E-state index contributed by atoms with van der Waals surface area (Å²) in [5.74, 6) is 0. The van der Waals surface area contributed by atoms with Crippen molar-refractivity contribution in [1.29, 1.82) is 0 Å². The number of likely N-dealkylation sites (tertiary alicyclic amines) is 1. The predicted molar refractivity (Wildman–Crippen MR) is 60.6 cm³/mol. The van der Waals surface area contributed by atoms with Gasteiger partial charge in [0.05, 0.1) is 12.2 Å². The van der Waals surface area contributed by atoms with Crippen LogP contribution in [0.5, 0.6) is 0 Å². The van der Waals surface area contributed by atoms with Gasteiger partial charge in [0.15, 0.2) is 0 Å². The maximum atomic E-state index is 5.52. The zero-order valence-electron chi connectivity index (χ0n) is 10.0. The van der Waals surface area contributed by atoms with Gasteiger partial charge in [-0.1, -0.05) is 33.6 Å². The highest BCUT2D eigenvalue weighted by molar-refractivity contribution is 5.01. The predicted octanol–water partition coefficient (Wildman–Crippen LogP) is 2.68. The third-order valence-electron chi connectivity index (χ3n) is 2.82. The fraction of sp³-hybridized carbons (Fsp3) is 1.00. The molecule has 1 spiro atoms. The molecule has 2 heterocycles. The second kappa shape index (κ2) is 5.72. The van der Waals surface area contributed by atoms with Gasteiger partial charge in [0.2, 0.25) is 0 Å². The molecule has 2 fully saturated rings. The molecule has 2 nitrogen and oxygen atoms in total. The van der Waals surface area contributed by atoms with E-state index in [9.17, 15) is 0 Å². The van der Waals surface area contributed by atoms with E-state index in [0.717, 1.165) is 6.61 Å². The van der Waals surface area contributed by atoms with Crippen molar-refractivity contribution in [3.63, 3.8) is 0 Å². The number of nitrogens with zero attached hydrogens (tertiary/aromatic N) is 1.